The highest BCUT2D eigenvalue weighted by Gasteiger charge is 2.24. The lowest BCUT2D eigenvalue weighted by molar-refractivity contribution is 0.0726. The van der Waals surface area contributed by atoms with Crippen LogP contribution in [0.3, 0.4) is 0 Å². The molecular formula is C13H15ClFNO. The summed E-state index contributed by atoms with van der Waals surface area (Å²) in [5.74, 6) is -0.495. The standard InChI is InChI=1S/C13H15ClFNO/c1-9-4-5-11(15)7-12(9)13(17)16-6-2-3-10(14)8-16/h4-5,7,10H,2-3,6,8H2,1H3. The molecule has 0 radical (unpaired) electrons. The number of amides is 1. The molecular weight excluding hydrogens is 241 g/mol. The highest BCUT2D eigenvalue weighted by Crippen LogP contribution is 2.19. The molecule has 0 spiro atoms. The van der Waals surface area contributed by atoms with Crippen molar-refractivity contribution in [2.45, 2.75) is 25.1 Å². The van der Waals surface area contributed by atoms with Crippen LogP contribution in [0.5, 0.6) is 0 Å². The Kier molecular flexibility index (Phi) is 3.67. The maximum absolute atomic E-state index is 13.2. The van der Waals surface area contributed by atoms with Crippen molar-refractivity contribution in [1.29, 1.82) is 0 Å². The molecule has 2 nitrogen and oxygen atoms in total. The van der Waals surface area contributed by atoms with Gasteiger partial charge in [0.1, 0.15) is 5.82 Å². The number of nitrogens with zero attached hydrogens (tertiary/aromatic N) is 1. The molecule has 4 heteroatoms. The van der Waals surface area contributed by atoms with Crippen LogP contribution in [0.25, 0.3) is 0 Å². The highest BCUT2D eigenvalue weighted by atomic mass is 35.5. The normalized spacial score (nSPS) is 20.4. The Bertz CT molecular complexity index is 435. The fourth-order valence-corrected chi connectivity index (χ4v) is 2.43. The molecule has 1 fully saturated rings. The van der Waals surface area contributed by atoms with Crippen LogP contribution in [0.2, 0.25) is 0 Å². The summed E-state index contributed by atoms with van der Waals surface area (Å²) in [7, 11) is 0. The minimum Gasteiger partial charge on any atom is -0.337 e. The van der Waals surface area contributed by atoms with Crippen LogP contribution in [-0.2, 0) is 0 Å². The molecule has 0 saturated carbocycles. The van der Waals surface area contributed by atoms with Gasteiger partial charge in [0.05, 0.1) is 5.38 Å². The van der Waals surface area contributed by atoms with Gasteiger partial charge in [-0.25, -0.2) is 4.39 Å². The fourth-order valence-electron chi connectivity index (χ4n) is 2.10. The number of benzene rings is 1. The molecule has 0 bridgehead atoms. The lowest BCUT2D eigenvalue weighted by atomic mass is 10.0. The van der Waals surface area contributed by atoms with Crippen molar-refractivity contribution in [3.05, 3.63) is 35.1 Å². The van der Waals surface area contributed by atoms with Crippen molar-refractivity contribution < 1.29 is 9.18 Å². The minimum atomic E-state index is -0.376. The topological polar surface area (TPSA) is 20.3 Å². The van der Waals surface area contributed by atoms with Crippen molar-refractivity contribution in [2.24, 2.45) is 0 Å². The number of piperidine rings is 1. The van der Waals surface area contributed by atoms with Crippen LogP contribution in [0.4, 0.5) is 4.39 Å². The SMILES string of the molecule is Cc1ccc(F)cc1C(=O)N1CCCC(Cl)C1. The number of carbonyl (C=O) groups excluding carboxylic acids is 1. The predicted molar refractivity (Wildman–Crippen MR) is 65.9 cm³/mol. The van der Waals surface area contributed by atoms with Crippen LogP contribution >= 0.6 is 11.6 Å². The molecule has 1 aromatic rings. The number of hydrogen-bond acceptors (Lipinski definition) is 1. The van der Waals surface area contributed by atoms with Gasteiger partial charge in [-0.1, -0.05) is 6.07 Å². The van der Waals surface area contributed by atoms with E-state index >= 15 is 0 Å². The van der Waals surface area contributed by atoms with Crippen LogP contribution in [0.1, 0.15) is 28.8 Å². The molecule has 1 aliphatic rings. The van der Waals surface area contributed by atoms with Crippen LogP contribution < -0.4 is 0 Å². The zero-order valence-electron chi connectivity index (χ0n) is 9.75. The molecule has 1 amide bonds. The number of hydrogen-bond donors (Lipinski definition) is 0. The third kappa shape index (κ3) is 2.78. The van der Waals surface area contributed by atoms with Gasteiger partial charge in [-0.2, -0.15) is 0 Å². The lowest BCUT2D eigenvalue weighted by Gasteiger charge is -2.30. The van der Waals surface area contributed by atoms with Gasteiger partial charge in [0.2, 0.25) is 0 Å². The smallest absolute Gasteiger partial charge is 0.254 e. The Hall–Kier alpha value is -1.09. The molecule has 1 unspecified atom stereocenters. The molecule has 1 atom stereocenters. The third-order valence-corrected chi connectivity index (χ3v) is 3.44. The summed E-state index contributed by atoms with van der Waals surface area (Å²) < 4.78 is 13.2. The van der Waals surface area contributed by atoms with Crippen molar-refractivity contribution in [1.82, 2.24) is 4.90 Å². The summed E-state index contributed by atoms with van der Waals surface area (Å²) in [6.45, 7) is 3.07. The first kappa shape index (κ1) is 12.4. The summed E-state index contributed by atoms with van der Waals surface area (Å²) >= 11 is 6.05. The molecule has 92 valence electrons. The number of rotatable bonds is 1. The second-order valence-electron chi connectivity index (χ2n) is 4.45. The van der Waals surface area contributed by atoms with Crippen LogP contribution in [-0.4, -0.2) is 29.3 Å². The number of aryl methyl sites for hydroxylation is 1. The zero-order chi connectivity index (χ0) is 12.4. The van der Waals surface area contributed by atoms with E-state index in [0.29, 0.717) is 18.7 Å². The lowest BCUT2D eigenvalue weighted by Crippen LogP contribution is -2.40. The van der Waals surface area contributed by atoms with E-state index in [1.54, 1.807) is 11.0 Å². The molecule has 2 rings (SSSR count). The molecule has 1 aromatic carbocycles. The summed E-state index contributed by atoms with van der Waals surface area (Å²) in [6, 6.07) is 4.30. The third-order valence-electron chi connectivity index (χ3n) is 3.08. The van der Waals surface area contributed by atoms with E-state index in [4.69, 9.17) is 11.6 Å². The minimum absolute atomic E-state index is 0.0153. The van der Waals surface area contributed by atoms with Crippen molar-refractivity contribution in [3.63, 3.8) is 0 Å². The van der Waals surface area contributed by atoms with Crippen molar-refractivity contribution >= 4 is 17.5 Å². The van der Waals surface area contributed by atoms with Gasteiger partial charge in [-0.05, 0) is 37.5 Å². The molecule has 0 aliphatic carbocycles. The Morgan fingerprint density at radius 3 is 3.00 bits per heavy atom. The van der Waals surface area contributed by atoms with Crippen molar-refractivity contribution in [2.75, 3.05) is 13.1 Å². The van der Waals surface area contributed by atoms with E-state index in [1.165, 1.54) is 12.1 Å². The molecule has 0 aromatic heterocycles. The van der Waals surface area contributed by atoms with Gasteiger partial charge in [-0.15, -0.1) is 11.6 Å². The van der Waals surface area contributed by atoms with E-state index in [9.17, 15) is 9.18 Å². The largest absolute Gasteiger partial charge is 0.337 e. The fraction of sp³-hybridized carbons (Fsp3) is 0.462. The average Bonchev–Trinajstić information content (AvgIpc) is 2.31. The first-order valence-corrected chi connectivity index (χ1v) is 6.21. The van der Waals surface area contributed by atoms with Gasteiger partial charge < -0.3 is 4.90 Å². The quantitative estimate of drug-likeness (QED) is 0.707. The van der Waals surface area contributed by atoms with Gasteiger partial charge in [0, 0.05) is 18.7 Å². The number of likely N-dealkylation sites (tertiary alicyclic amines) is 1. The summed E-state index contributed by atoms with van der Waals surface area (Å²) in [5.41, 5.74) is 1.24. The number of carbonyl (C=O) groups is 1. The second kappa shape index (κ2) is 5.05. The Labute approximate surface area is 105 Å². The van der Waals surface area contributed by atoms with Gasteiger partial charge in [0.25, 0.3) is 5.91 Å². The van der Waals surface area contributed by atoms with E-state index in [-0.39, 0.29) is 17.1 Å². The Balaban J connectivity index is 2.21. The average molecular weight is 256 g/mol. The molecule has 1 saturated heterocycles. The summed E-state index contributed by atoms with van der Waals surface area (Å²) in [4.78, 5) is 13.9. The monoisotopic (exact) mass is 255 g/mol. The van der Waals surface area contributed by atoms with Gasteiger partial charge >= 0.3 is 0 Å². The number of alkyl halides is 1. The van der Waals surface area contributed by atoms with Crippen LogP contribution in [0.15, 0.2) is 18.2 Å². The zero-order valence-corrected chi connectivity index (χ0v) is 10.5. The Morgan fingerprint density at radius 1 is 1.53 bits per heavy atom. The first-order chi connectivity index (χ1) is 8.08. The van der Waals surface area contributed by atoms with E-state index in [0.717, 1.165) is 18.4 Å². The Morgan fingerprint density at radius 2 is 2.29 bits per heavy atom. The maximum Gasteiger partial charge on any atom is 0.254 e. The molecule has 0 N–H and O–H groups in total. The maximum atomic E-state index is 13.2. The van der Waals surface area contributed by atoms with Gasteiger partial charge in [0.15, 0.2) is 0 Å². The second-order valence-corrected chi connectivity index (χ2v) is 5.07. The number of halogens is 2. The van der Waals surface area contributed by atoms with E-state index < -0.39 is 0 Å². The summed E-state index contributed by atoms with van der Waals surface area (Å²) in [5, 5.41) is 0.0153. The molecule has 1 aliphatic heterocycles. The summed E-state index contributed by atoms with van der Waals surface area (Å²) in [6.07, 6.45) is 1.85. The van der Waals surface area contributed by atoms with Crippen LogP contribution in [0, 0.1) is 12.7 Å². The highest BCUT2D eigenvalue weighted by molar-refractivity contribution is 6.21. The van der Waals surface area contributed by atoms with Crippen molar-refractivity contribution in [3.8, 4) is 0 Å². The predicted octanol–water partition coefficient (Wildman–Crippen LogP) is 2.98. The molecule has 17 heavy (non-hydrogen) atoms. The van der Waals surface area contributed by atoms with Gasteiger partial charge in [-0.3, -0.25) is 4.79 Å². The van der Waals surface area contributed by atoms with E-state index in [1.807, 2.05) is 6.92 Å². The first-order valence-electron chi connectivity index (χ1n) is 5.77. The van der Waals surface area contributed by atoms with E-state index in [2.05, 4.69) is 0 Å². The molecule has 1 heterocycles.